The molecule has 0 nitrogen and oxygen atoms in total. The molecule has 0 aromatic carbocycles. The predicted octanol–water partition coefficient (Wildman–Crippen LogP) is 2.33. The van der Waals surface area contributed by atoms with E-state index in [-0.39, 0.29) is 0 Å². The van der Waals surface area contributed by atoms with E-state index in [0.29, 0.717) is 0 Å². The van der Waals surface area contributed by atoms with Crippen molar-refractivity contribution < 1.29 is 6.94 Å². The fourth-order valence-corrected chi connectivity index (χ4v) is 0. The lowest BCUT2D eigenvalue weighted by molar-refractivity contribution is 0.922. The van der Waals surface area contributed by atoms with Gasteiger partial charge >= 0.3 is 0 Å². The van der Waals surface area contributed by atoms with Gasteiger partial charge in [-0.15, -0.1) is 0 Å². The molecule has 0 spiro atoms. The Bertz CT molecular complexity index is 34.5. The SMILES string of the molecule is [3H]C([3H])P(F)I. The third kappa shape index (κ3) is 11.4. The minimum Gasteiger partial charge on any atom is -0.216 e. The van der Waals surface area contributed by atoms with Gasteiger partial charge in [0.05, 0.1) is 0 Å². The van der Waals surface area contributed by atoms with E-state index in [9.17, 15) is 4.20 Å². The molecule has 0 aliphatic heterocycles. The Kier molecular flexibility index (Phi) is 1.34. The van der Waals surface area contributed by atoms with Gasteiger partial charge in [-0.2, -0.15) is 0 Å². The van der Waals surface area contributed by atoms with Crippen LogP contribution >= 0.6 is 27.9 Å². The Morgan fingerprint density at radius 1 is 2.50 bits per heavy atom. The molecule has 0 aromatic heterocycles. The van der Waals surface area contributed by atoms with Gasteiger partial charge in [-0.1, -0.05) is 0 Å². The third-order valence-electron chi connectivity index (χ3n) is 0. The van der Waals surface area contributed by atoms with Gasteiger partial charge in [0.25, 0.3) is 0 Å². The molecular weight excluding hydrogens is 189 g/mol. The van der Waals surface area contributed by atoms with Crippen molar-refractivity contribution >= 4 is 27.9 Å². The molecule has 0 radical (unpaired) electrons. The van der Waals surface area contributed by atoms with E-state index < -0.39 is 12.5 Å². The summed E-state index contributed by atoms with van der Waals surface area (Å²) >= 11 is 1.46. The normalized spacial score (nSPS) is 23.8. The van der Waals surface area contributed by atoms with Gasteiger partial charge in [-0.3, -0.25) is 0 Å². The quantitative estimate of drug-likeness (QED) is 0.412. The van der Waals surface area contributed by atoms with Crippen LogP contribution in [0.5, 0.6) is 0 Å². The van der Waals surface area contributed by atoms with Crippen LogP contribution < -0.4 is 0 Å². The minimum absolute atomic E-state index is 1.26. The number of rotatable bonds is 0. The molecule has 0 N–H and O–H groups in total. The lowest BCUT2D eigenvalue weighted by Crippen LogP contribution is -1.21. The summed E-state index contributed by atoms with van der Waals surface area (Å²) in [6.07, 6.45) is 0. The second-order valence-electron chi connectivity index (χ2n) is 0.259. The molecule has 0 heterocycles. The Hall–Kier alpha value is 1.09. The maximum atomic E-state index is 11.5. The molecule has 0 saturated carbocycles. The fraction of sp³-hybridized carbons (Fsp3) is 1.00. The molecule has 0 fully saturated rings. The molecular formula is CH3FIP. The first-order valence-electron chi connectivity index (χ1n) is 1.75. The summed E-state index contributed by atoms with van der Waals surface area (Å²) in [4.78, 5) is 0. The van der Waals surface area contributed by atoms with Crippen molar-refractivity contribution in [2.45, 2.75) is 0 Å². The van der Waals surface area contributed by atoms with Crippen molar-refractivity contribution in [3.05, 3.63) is 0 Å². The van der Waals surface area contributed by atoms with Crippen LogP contribution in [0.4, 0.5) is 4.20 Å². The maximum Gasteiger partial charge on any atom is 0.142 e. The van der Waals surface area contributed by atoms with Crippen LogP contribution in [-0.2, 0) is 0 Å². The Labute approximate surface area is 41.9 Å². The molecule has 0 rings (SSSR count). The highest BCUT2D eigenvalue weighted by atomic mass is 127. The Morgan fingerprint density at radius 3 is 2.75 bits per heavy atom. The topological polar surface area (TPSA) is 0 Å². The highest BCUT2D eigenvalue weighted by Crippen LogP contribution is 2.41. The lowest BCUT2D eigenvalue weighted by Gasteiger charge is -1.71. The largest absolute Gasteiger partial charge is 0.216 e. The van der Waals surface area contributed by atoms with Crippen LogP contribution in [0, 0.1) is 0 Å². The van der Waals surface area contributed by atoms with E-state index in [1.807, 2.05) is 0 Å². The van der Waals surface area contributed by atoms with E-state index in [0.717, 1.165) is 0 Å². The summed E-state index contributed by atoms with van der Waals surface area (Å²) in [7, 11) is 0. The van der Waals surface area contributed by atoms with Gasteiger partial charge < -0.3 is 0 Å². The average molecular weight is 196 g/mol. The third-order valence-corrected chi connectivity index (χ3v) is 0. The highest BCUT2D eigenvalue weighted by molar-refractivity contribution is 14.2. The molecule has 0 aliphatic carbocycles. The molecule has 0 aliphatic rings. The Morgan fingerprint density at radius 2 is 2.75 bits per heavy atom. The summed E-state index contributed by atoms with van der Waals surface area (Å²) in [5, 5.41) is 0. The zero-order valence-corrected chi connectivity index (χ0v) is 4.83. The first kappa shape index (κ1) is 2.30. The van der Waals surface area contributed by atoms with E-state index in [1.54, 1.807) is 0 Å². The van der Waals surface area contributed by atoms with E-state index in [1.165, 1.54) is 22.0 Å². The molecule has 3 heteroatoms. The van der Waals surface area contributed by atoms with Gasteiger partial charge in [0.15, 0.2) is 0 Å². The van der Waals surface area contributed by atoms with Crippen molar-refractivity contribution in [1.29, 1.82) is 0 Å². The zero-order chi connectivity index (χ0) is 5.15. The van der Waals surface area contributed by atoms with Crippen LogP contribution in [0.3, 0.4) is 0 Å². The highest BCUT2D eigenvalue weighted by Gasteiger charge is 1.77. The van der Waals surface area contributed by atoms with Crippen molar-refractivity contribution in [2.24, 2.45) is 0 Å². The molecule has 26 valence electrons. The first-order valence-corrected chi connectivity index (χ1v) is 4.68. The van der Waals surface area contributed by atoms with E-state index >= 15 is 0 Å². The zero-order valence-electron chi connectivity index (χ0n) is 3.78. The van der Waals surface area contributed by atoms with Crippen LogP contribution in [0.2, 0.25) is 0 Å². The average Bonchev–Trinajstić information content (AvgIpc) is 1.36. The molecule has 1 atom stereocenters. The molecule has 1 unspecified atom stereocenters. The van der Waals surface area contributed by atoms with Crippen LogP contribution in [-0.4, -0.2) is 6.62 Å². The van der Waals surface area contributed by atoms with E-state index in [2.05, 4.69) is 0 Å². The Balaban J connectivity index is 2.99. The van der Waals surface area contributed by atoms with Crippen LogP contribution in [0.15, 0.2) is 0 Å². The number of hydrogen-bond acceptors (Lipinski definition) is 0. The smallest absolute Gasteiger partial charge is 0.142 e. The van der Waals surface area contributed by atoms with Crippen molar-refractivity contribution in [2.75, 3.05) is 6.62 Å². The molecule has 4 heavy (non-hydrogen) atoms. The van der Waals surface area contributed by atoms with Gasteiger partial charge in [-0.05, 0) is 28.7 Å². The lowest BCUT2D eigenvalue weighted by atomic mass is 12.0. The van der Waals surface area contributed by atoms with E-state index in [4.69, 9.17) is 2.74 Å². The number of hydrogen-bond donors (Lipinski definition) is 0. The minimum atomic E-state index is -1.86. The van der Waals surface area contributed by atoms with Gasteiger partial charge in [0.1, 0.15) is 5.87 Å². The van der Waals surface area contributed by atoms with Crippen LogP contribution in [0.25, 0.3) is 0 Å². The second kappa shape index (κ2) is 2.33. The van der Waals surface area contributed by atoms with Crippen molar-refractivity contribution in [3.8, 4) is 0 Å². The van der Waals surface area contributed by atoms with Crippen molar-refractivity contribution in [3.63, 3.8) is 0 Å². The molecule has 0 aromatic rings. The first-order chi connectivity index (χ1) is 2.64. The monoisotopic (exact) mass is 196 g/mol. The van der Waals surface area contributed by atoms with Gasteiger partial charge in [-0.25, -0.2) is 4.20 Å². The second-order valence-corrected chi connectivity index (χ2v) is 3.54. The summed E-state index contributed by atoms with van der Waals surface area (Å²) in [6, 6.07) is 0. The summed E-state index contributed by atoms with van der Waals surface area (Å²) < 4.78 is 24.2. The molecule has 0 amide bonds. The number of halogens is 2. The van der Waals surface area contributed by atoms with Crippen LogP contribution in [0.1, 0.15) is 2.74 Å². The molecule has 0 bridgehead atoms. The van der Waals surface area contributed by atoms with Gasteiger partial charge in [0, 0.05) is 2.74 Å². The predicted molar refractivity (Wildman–Crippen MR) is 28.0 cm³/mol. The summed E-state index contributed by atoms with van der Waals surface area (Å²) in [5.41, 5.74) is 0. The van der Waals surface area contributed by atoms with Gasteiger partial charge in [0.2, 0.25) is 0 Å². The molecule has 0 saturated heterocycles. The maximum absolute atomic E-state index is 11.5. The van der Waals surface area contributed by atoms with Crippen molar-refractivity contribution in [1.82, 2.24) is 0 Å². The fourth-order valence-electron chi connectivity index (χ4n) is 0. The standard InChI is InChI=1S/CH3FIP/c1-4(2)3/h1H3/i1T2. The summed E-state index contributed by atoms with van der Waals surface area (Å²) in [6.45, 7) is -1.26. The summed E-state index contributed by atoms with van der Waals surface area (Å²) in [5.74, 6) is -1.86.